The maximum Gasteiger partial charge on any atom is 0.0754 e. The van der Waals surface area contributed by atoms with E-state index in [1.165, 1.54) is 94.1 Å². The van der Waals surface area contributed by atoms with E-state index in [2.05, 4.69) is 206 Å². The minimum atomic E-state index is -0.555. The summed E-state index contributed by atoms with van der Waals surface area (Å²) in [6.45, 7) is 2.16. The number of hydrogen-bond acceptors (Lipinski definition) is 1. The van der Waals surface area contributed by atoms with E-state index in [4.69, 9.17) is 0 Å². The fourth-order valence-electron chi connectivity index (χ4n) is 9.43. The molecule has 1 spiro atoms. The van der Waals surface area contributed by atoms with Crippen molar-refractivity contribution in [1.29, 1.82) is 0 Å². The van der Waals surface area contributed by atoms with Crippen LogP contribution in [-0.2, 0) is 5.41 Å². The zero-order valence-electron chi connectivity index (χ0n) is 29.4. The van der Waals surface area contributed by atoms with Gasteiger partial charge < -0.3 is 4.90 Å². The fourth-order valence-corrected chi connectivity index (χ4v) is 9.43. The lowest BCUT2D eigenvalue weighted by Gasteiger charge is -2.46. The summed E-state index contributed by atoms with van der Waals surface area (Å²) in [6.07, 6.45) is 0. The van der Waals surface area contributed by atoms with Crippen LogP contribution in [0, 0.1) is 6.92 Å². The maximum absolute atomic E-state index is 2.55. The van der Waals surface area contributed by atoms with Crippen molar-refractivity contribution in [3.8, 4) is 33.4 Å². The van der Waals surface area contributed by atoms with Gasteiger partial charge in [0.2, 0.25) is 0 Å². The Morgan fingerprint density at radius 1 is 0.358 bits per heavy atom. The molecule has 1 aliphatic heterocycles. The van der Waals surface area contributed by atoms with Crippen LogP contribution in [0.3, 0.4) is 0 Å². The molecule has 0 saturated carbocycles. The summed E-state index contributed by atoms with van der Waals surface area (Å²) in [5, 5.41) is 4.97. The van der Waals surface area contributed by atoms with Gasteiger partial charge in [0.05, 0.1) is 16.8 Å². The predicted octanol–water partition coefficient (Wildman–Crippen LogP) is 13.8. The van der Waals surface area contributed by atoms with Gasteiger partial charge in [-0.05, 0) is 97.6 Å². The summed E-state index contributed by atoms with van der Waals surface area (Å²) < 4.78 is 0. The Kier molecular flexibility index (Phi) is 6.45. The first-order valence-corrected chi connectivity index (χ1v) is 18.5. The lowest BCUT2D eigenvalue weighted by molar-refractivity contribution is 0.757. The zero-order chi connectivity index (χ0) is 35.1. The molecule has 2 aliphatic rings. The van der Waals surface area contributed by atoms with E-state index in [0.29, 0.717) is 0 Å². The summed E-state index contributed by atoms with van der Waals surface area (Å²) in [4.78, 5) is 2.55. The minimum absolute atomic E-state index is 0.555. The van der Waals surface area contributed by atoms with Crippen molar-refractivity contribution in [3.05, 3.63) is 222 Å². The average molecular weight is 674 g/mol. The van der Waals surface area contributed by atoms with Crippen LogP contribution in [0.2, 0.25) is 0 Å². The molecule has 0 radical (unpaired) electrons. The standard InChI is InChI=1S/C52H35N/c1-34-13-11-16-37(31-34)38-17-12-18-39(32-38)40-25-28-45-44-23-9-10-24-46(44)52(49(45)33-40)47-29-26-35-14-5-7-21-42(35)50(47)53(41-19-3-2-4-20-41)51-43-22-8-6-15-36(43)27-30-48(51)52/h2-33H,1H3. The van der Waals surface area contributed by atoms with E-state index in [1.54, 1.807) is 0 Å². The highest BCUT2D eigenvalue weighted by Crippen LogP contribution is 2.65. The number of nitrogens with zero attached hydrogens (tertiary/aromatic N) is 1. The first-order valence-electron chi connectivity index (χ1n) is 18.5. The summed E-state index contributed by atoms with van der Waals surface area (Å²) in [5.41, 5.74) is 17.1. The molecule has 1 aliphatic carbocycles. The van der Waals surface area contributed by atoms with E-state index in [0.717, 1.165) is 5.69 Å². The molecule has 1 heteroatoms. The van der Waals surface area contributed by atoms with Crippen LogP contribution in [-0.4, -0.2) is 0 Å². The number of benzene rings is 9. The Balaban J connectivity index is 1.27. The van der Waals surface area contributed by atoms with Crippen LogP contribution in [0.4, 0.5) is 17.1 Å². The highest BCUT2D eigenvalue weighted by Gasteiger charge is 2.52. The van der Waals surface area contributed by atoms with Gasteiger partial charge in [0.15, 0.2) is 0 Å². The summed E-state index contributed by atoms with van der Waals surface area (Å²) in [5.74, 6) is 0. The normalized spacial score (nSPS) is 13.5. The van der Waals surface area contributed by atoms with Crippen LogP contribution < -0.4 is 4.90 Å². The molecular formula is C52H35N. The summed E-state index contributed by atoms with van der Waals surface area (Å²) in [7, 11) is 0. The van der Waals surface area contributed by atoms with Gasteiger partial charge in [-0.25, -0.2) is 0 Å². The van der Waals surface area contributed by atoms with Crippen LogP contribution in [0.15, 0.2) is 194 Å². The lowest BCUT2D eigenvalue weighted by atomic mass is 9.63. The minimum Gasteiger partial charge on any atom is -0.309 e. The lowest BCUT2D eigenvalue weighted by Crippen LogP contribution is -2.36. The molecule has 0 fully saturated rings. The van der Waals surface area contributed by atoms with E-state index in [-0.39, 0.29) is 0 Å². The zero-order valence-corrected chi connectivity index (χ0v) is 29.4. The van der Waals surface area contributed by atoms with Gasteiger partial charge in [-0.1, -0.05) is 175 Å². The monoisotopic (exact) mass is 673 g/mol. The Morgan fingerprint density at radius 2 is 0.906 bits per heavy atom. The highest BCUT2D eigenvalue weighted by atomic mass is 15.2. The van der Waals surface area contributed by atoms with Gasteiger partial charge >= 0.3 is 0 Å². The molecule has 1 heterocycles. The van der Waals surface area contributed by atoms with Crippen LogP contribution >= 0.6 is 0 Å². The first-order chi connectivity index (χ1) is 26.2. The van der Waals surface area contributed by atoms with Crippen molar-refractivity contribution in [1.82, 2.24) is 0 Å². The molecule has 0 bridgehead atoms. The van der Waals surface area contributed by atoms with E-state index >= 15 is 0 Å². The third-order valence-electron chi connectivity index (χ3n) is 11.7. The predicted molar refractivity (Wildman–Crippen MR) is 223 cm³/mol. The average Bonchev–Trinajstić information content (AvgIpc) is 3.51. The second-order valence-electron chi connectivity index (χ2n) is 14.5. The Bertz CT molecular complexity index is 2830. The molecule has 9 aromatic rings. The van der Waals surface area contributed by atoms with Crippen molar-refractivity contribution >= 4 is 38.6 Å². The molecular weight excluding hydrogens is 639 g/mol. The second kappa shape index (κ2) is 11.4. The number of para-hydroxylation sites is 1. The van der Waals surface area contributed by atoms with Crippen LogP contribution in [0.25, 0.3) is 54.9 Å². The molecule has 53 heavy (non-hydrogen) atoms. The topological polar surface area (TPSA) is 3.24 Å². The number of anilines is 3. The third kappa shape index (κ3) is 4.25. The maximum atomic E-state index is 2.55. The Hall–Kier alpha value is -6.70. The summed E-state index contributed by atoms with van der Waals surface area (Å²) >= 11 is 0. The van der Waals surface area contributed by atoms with Crippen LogP contribution in [0.1, 0.15) is 27.8 Å². The number of fused-ring (bicyclic) bond motifs is 13. The SMILES string of the molecule is Cc1cccc(-c2cccc(-c3ccc4c(c3)C3(c5ccccc5-4)c4ccc5ccccc5c4N(c4ccccc4)c4c3ccc3ccccc43)c2)c1. The van der Waals surface area contributed by atoms with Gasteiger partial charge in [-0.15, -0.1) is 0 Å². The number of aryl methyl sites for hydroxylation is 1. The quantitative estimate of drug-likeness (QED) is 0.180. The molecule has 0 unspecified atom stereocenters. The first kappa shape index (κ1) is 30.0. The molecule has 0 aromatic heterocycles. The molecule has 9 aromatic carbocycles. The Labute approximate surface area is 310 Å². The molecule has 0 atom stereocenters. The Morgan fingerprint density at radius 3 is 1.58 bits per heavy atom. The second-order valence-corrected chi connectivity index (χ2v) is 14.5. The molecule has 248 valence electrons. The molecule has 0 saturated heterocycles. The van der Waals surface area contributed by atoms with Crippen molar-refractivity contribution in [3.63, 3.8) is 0 Å². The van der Waals surface area contributed by atoms with Gasteiger partial charge in [0, 0.05) is 16.5 Å². The molecule has 0 amide bonds. The van der Waals surface area contributed by atoms with E-state index in [1.807, 2.05) is 0 Å². The fraction of sp³-hybridized carbons (Fsp3) is 0.0385. The van der Waals surface area contributed by atoms with Gasteiger partial charge in [-0.2, -0.15) is 0 Å². The summed E-state index contributed by atoms with van der Waals surface area (Å²) in [6, 6.07) is 72.4. The molecule has 1 nitrogen and oxygen atoms in total. The smallest absolute Gasteiger partial charge is 0.0754 e. The van der Waals surface area contributed by atoms with Crippen molar-refractivity contribution < 1.29 is 0 Å². The van der Waals surface area contributed by atoms with Crippen LogP contribution in [0.5, 0.6) is 0 Å². The van der Waals surface area contributed by atoms with Gasteiger partial charge in [0.25, 0.3) is 0 Å². The number of hydrogen-bond donors (Lipinski definition) is 0. The number of rotatable bonds is 3. The van der Waals surface area contributed by atoms with Gasteiger partial charge in [0.1, 0.15) is 0 Å². The van der Waals surface area contributed by atoms with Gasteiger partial charge in [-0.3, -0.25) is 0 Å². The highest BCUT2D eigenvalue weighted by molar-refractivity contribution is 6.12. The molecule has 11 rings (SSSR count). The van der Waals surface area contributed by atoms with Crippen molar-refractivity contribution in [2.45, 2.75) is 12.3 Å². The third-order valence-corrected chi connectivity index (χ3v) is 11.7. The van der Waals surface area contributed by atoms with Crippen molar-refractivity contribution in [2.24, 2.45) is 0 Å². The van der Waals surface area contributed by atoms with E-state index in [9.17, 15) is 0 Å². The largest absolute Gasteiger partial charge is 0.309 e. The van der Waals surface area contributed by atoms with Crippen molar-refractivity contribution in [2.75, 3.05) is 4.90 Å². The van der Waals surface area contributed by atoms with E-state index < -0.39 is 5.41 Å². The molecule has 0 N–H and O–H groups in total.